The molecular formula is C18H21N3O4. The number of carbonyl (C=O) groups is 1. The summed E-state index contributed by atoms with van der Waals surface area (Å²) in [7, 11) is 3.13. The highest BCUT2D eigenvalue weighted by atomic mass is 16.5. The van der Waals surface area contributed by atoms with E-state index in [0.717, 1.165) is 12.8 Å². The van der Waals surface area contributed by atoms with Crippen molar-refractivity contribution in [2.45, 2.75) is 18.9 Å². The summed E-state index contributed by atoms with van der Waals surface area (Å²) in [4.78, 5) is 14.6. The van der Waals surface area contributed by atoms with Gasteiger partial charge in [-0.25, -0.2) is 0 Å². The van der Waals surface area contributed by atoms with Crippen LogP contribution in [0.4, 0.5) is 0 Å². The predicted octanol–water partition coefficient (Wildman–Crippen LogP) is 2.18. The Bertz CT molecular complexity index is 716. The molecule has 0 spiro atoms. The minimum atomic E-state index is -0.0440. The van der Waals surface area contributed by atoms with E-state index in [4.69, 9.17) is 14.2 Å². The molecule has 1 aromatic carbocycles. The SMILES string of the molecule is COc1ccc(C(=O)N2CCC(Oc3cccnn3)CC2)c(OC)c1. The zero-order chi connectivity index (χ0) is 17.6. The van der Waals surface area contributed by atoms with Crippen LogP contribution in [0.1, 0.15) is 23.2 Å². The number of benzene rings is 1. The number of piperidine rings is 1. The second-order valence-electron chi connectivity index (χ2n) is 5.74. The van der Waals surface area contributed by atoms with E-state index in [-0.39, 0.29) is 12.0 Å². The van der Waals surface area contributed by atoms with Gasteiger partial charge in [0.2, 0.25) is 5.88 Å². The van der Waals surface area contributed by atoms with Crippen LogP contribution >= 0.6 is 0 Å². The zero-order valence-corrected chi connectivity index (χ0v) is 14.3. The molecule has 1 fully saturated rings. The van der Waals surface area contributed by atoms with E-state index in [0.29, 0.717) is 36.0 Å². The number of amides is 1. The highest BCUT2D eigenvalue weighted by Gasteiger charge is 2.26. The Morgan fingerprint density at radius 2 is 1.96 bits per heavy atom. The first kappa shape index (κ1) is 17.0. The Morgan fingerprint density at radius 1 is 1.16 bits per heavy atom. The van der Waals surface area contributed by atoms with Gasteiger partial charge in [0.25, 0.3) is 5.91 Å². The molecule has 1 amide bonds. The van der Waals surface area contributed by atoms with Crippen LogP contribution in [-0.4, -0.2) is 54.4 Å². The first-order valence-electron chi connectivity index (χ1n) is 8.17. The van der Waals surface area contributed by atoms with Crippen molar-refractivity contribution in [3.8, 4) is 17.4 Å². The topological polar surface area (TPSA) is 73.8 Å². The van der Waals surface area contributed by atoms with Crippen molar-refractivity contribution < 1.29 is 19.0 Å². The number of rotatable bonds is 5. The molecule has 7 heteroatoms. The summed E-state index contributed by atoms with van der Waals surface area (Å²) < 4.78 is 16.3. The standard InChI is InChI=1S/C18H21N3O4/c1-23-14-5-6-15(16(12-14)24-2)18(22)21-10-7-13(8-11-21)25-17-4-3-9-19-20-17/h3-6,9,12-13H,7-8,10-11H2,1-2H3. The van der Waals surface area contributed by atoms with Crippen molar-refractivity contribution >= 4 is 5.91 Å². The molecule has 2 heterocycles. The number of hydrogen-bond donors (Lipinski definition) is 0. The lowest BCUT2D eigenvalue weighted by Crippen LogP contribution is -2.42. The maximum atomic E-state index is 12.8. The molecule has 0 N–H and O–H groups in total. The minimum Gasteiger partial charge on any atom is -0.497 e. The number of hydrogen-bond acceptors (Lipinski definition) is 6. The first-order chi connectivity index (χ1) is 12.2. The maximum Gasteiger partial charge on any atom is 0.257 e. The van der Waals surface area contributed by atoms with Crippen molar-refractivity contribution in [1.29, 1.82) is 0 Å². The average molecular weight is 343 g/mol. The summed E-state index contributed by atoms with van der Waals surface area (Å²) in [6.45, 7) is 1.25. The number of aromatic nitrogens is 2. The van der Waals surface area contributed by atoms with Crippen LogP contribution in [0.25, 0.3) is 0 Å². The number of nitrogens with zero attached hydrogens (tertiary/aromatic N) is 3. The third-order valence-electron chi connectivity index (χ3n) is 4.20. The third kappa shape index (κ3) is 3.99. The van der Waals surface area contributed by atoms with Gasteiger partial charge in [0.1, 0.15) is 17.6 Å². The number of carbonyl (C=O) groups excluding carboxylic acids is 1. The van der Waals surface area contributed by atoms with Crippen LogP contribution in [0.2, 0.25) is 0 Å². The fraction of sp³-hybridized carbons (Fsp3) is 0.389. The van der Waals surface area contributed by atoms with E-state index in [1.807, 2.05) is 4.90 Å². The lowest BCUT2D eigenvalue weighted by molar-refractivity contribution is 0.0583. The number of methoxy groups -OCH3 is 2. The van der Waals surface area contributed by atoms with E-state index in [1.165, 1.54) is 0 Å². The molecule has 1 aromatic heterocycles. The fourth-order valence-electron chi connectivity index (χ4n) is 2.84. The Balaban J connectivity index is 1.62. The van der Waals surface area contributed by atoms with Crippen molar-refractivity contribution in [3.05, 3.63) is 42.1 Å². The van der Waals surface area contributed by atoms with Gasteiger partial charge in [-0.05, 0) is 18.2 Å². The van der Waals surface area contributed by atoms with Gasteiger partial charge in [0, 0.05) is 44.3 Å². The summed E-state index contributed by atoms with van der Waals surface area (Å²) >= 11 is 0. The van der Waals surface area contributed by atoms with Crippen molar-refractivity contribution in [2.24, 2.45) is 0 Å². The molecule has 1 saturated heterocycles. The summed E-state index contributed by atoms with van der Waals surface area (Å²) in [6, 6.07) is 8.79. The summed E-state index contributed by atoms with van der Waals surface area (Å²) in [6.07, 6.45) is 3.15. The van der Waals surface area contributed by atoms with Gasteiger partial charge in [-0.3, -0.25) is 4.79 Å². The second-order valence-corrected chi connectivity index (χ2v) is 5.74. The molecule has 1 aliphatic heterocycles. The number of ether oxygens (including phenoxy) is 3. The smallest absolute Gasteiger partial charge is 0.257 e. The molecule has 0 atom stereocenters. The summed E-state index contributed by atoms with van der Waals surface area (Å²) in [5.41, 5.74) is 0.539. The van der Waals surface area contributed by atoms with Crippen LogP contribution < -0.4 is 14.2 Å². The van der Waals surface area contributed by atoms with E-state index >= 15 is 0 Å². The molecule has 1 aliphatic rings. The Hall–Kier alpha value is -2.83. The summed E-state index contributed by atoms with van der Waals surface area (Å²) in [5.74, 6) is 1.65. The van der Waals surface area contributed by atoms with Gasteiger partial charge in [-0.2, -0.15) is 5.10 Å². The molecule has 0 saturated carbocycles. The van der Waals surface area contributed by atoms with E-state index in [9.17, 15) is 4.79 Å². The molecule has 0 unspecified atom stereocenters. The number of likely N-dealkylation sites (tertiary alicyclic amines) is 1. The van der Waals surface area contributed by atoms with Gasteiger partial charge in [0.15, 0.2) is 0 Å². The lowest BCUT2D eigenvalue weighted by Gasteiger charge is -2.32. The molecular weight excluding hydrogens is 322 g/mol. The summed E-state index contributed by atoms with van der Waals surface area (Å²) in [5, 5.41) is 7.73. The van der Waals surface area contributed by atoms with E-state index in [1.54, 1.807) is 50.7 Å². The van der Waals surface area contributed by atoms with E-state index in [2.05, 4.69) is 10.2 Å². The Morgan fingerprint density at radius 3 is 2.60 bits per heavy atom. The molecule has 25 heavy (non-hydrogen) atoms. The normalized spacial score (nSPS) is 14.9. The van der Waals surface area contributed by atoms with Gasteiger partial charge >= 0.3 is 0 Å². The fourth-order valence-corrected chi connectivity index (χ4v) is 2.84. The quantitative estimate of drug-likeness (QED) is 0.828. The van der Waals surface area contributed by atoms with Crippen LogP contribution in [0.15, 0.2) is 36.5 Å². The highest BCUT2D eigenvalue weighted by molar-refractivity contribution is 5.97. The Kier molecular flexibility index (Phi) is 5.33. The molecule has 3 rings (SSSR count). The van der Waals surface area contributed by atoms with Gasteiger partial charge in [-0.1, -0.05) is 0 Å². The third-order valence-corrected chi connectivity index (χ3v) is 4.20. The molecule has 0 bridgehead atoms. The molecule has 132 valence electrons. The first-order valence-corrected chi connectivity index (χ1v) is 8.17. The van der Waals surface area contributed by atoms with E-state index < -0.39 is 0 Å². The minimum absolute atomic E-state index is 0.0403. The van der Waals surface area contributed by atoms with Crippen molar-refractivity contribution in [2.75, 3.05) is 27.3 Å². The van der Waals surface area contributed by atoms with Crippen LogP contribution in [0.5, 0.6) is 17.4 Å². The molecule has 0 aliphatic carbocycles. The maximum absolute atomic E-state index is 12.8. The van der Waals surface area contributed by atoms with Crippen LogP contribution in [0, 0.1) is 0 Å². The van der Waals surface area contributed by atoms with Gasteiger partial charge in [0.05, 0.1) is 19.8 Å². The Labute approximate surface area is 146 Å². The largest absolute Gasteiger partial charge is 0.497 e. The average Bonchev–Trinajstić information content (AvgIpc) is 2.68. The van der Waals surface area contributed by atoms with Gasteiger partial charge in [-0.15, -0.1) is 5.10 Å². The monoisotopic (exact) mass is 343 g/mol. The second kappa shape index (κ2) is 7.83. The van der Waals surface area contributed by atoms with Crippen LogP contribution in [0.3, 0.4) is 0 Å². The molecule has 2 aromatic rings. The van der Waals surface area contributed by atoms with Crippen molar-refractivity contribution in [1.82, 2.24) is 15.1 Å². The highest BCUT2D eigenvalue weighted by Crippen LogP contribution is 2.27. The van der Waals surface area contributed by atoms with Crippen LogP contribution in [-0.2, 0) is 0 Å². The van der Waals surface area contributed by atoms with Crippen molar-refractivity contribution in [3.63, 3.8) is 0 Å². The lowest BCUT2D eigenvalue weighted by atomic mass is 10.1. The molecule has 0 radical (unpaired) electrons. The zero-order valence-electron chi connectivity index (χ0n) is 14.3. The predicted molar refractivity (Wildman–Crippen MR) is 91.1 cm³/mol. The van der Waals surface area contributed by atoms with Gasteiger partial charge < -0.3 is 19.1 Å². The molecule has 7 nitrogen and oxygen atoms in total.